The molecule has 0 saturated heterocycles. The Bertz CT molecular complexity index is 327. The van der Waals surface area contributed by atoms with Crippen LogP contribution < -0.4 is 5.43 Å². The second-order valence-corrected chi connectivity index (χ2v) is 3.24. The number of anilines is 1. The molecule has 1 aliphatic carbocycles. The molecule has 5 heteroatoms. The molecule has 1 aromatic heterocycles. The van der Waals surface area contributed by atoms with Gasteiger partial charge >= 0.3 is 0 Å². The van der Waals surface area contributed by atoms with Crippen LogP contribution in [0.4, 0.5) is 10.2 Å². The molecular weight excluding hydrogens is 171 g/mol. The normalized spacial score (nSPS) is 19.2. The molecule has 70 valence electrons. The van der Waals surface area contributed by atoms with E-state index in [4.69, 9.17) is 0 Å². The summed E-state index contributed by atoms with van der Waals surface area (Å²) in [4.78, 5) is 0. The molecule has 0 aliphatic heterocycles. The minimum absolute atomic E-state index is 0.587. The standard InChI is InChI=1S/C8H11FN4/c1-13-7(2-5-11-13)12-10-6-8(9)3-4-8/h2,5-6,12H,3-4H2,1H3/b10-6+. The Balaban J connectivity index is 1.92. The van der Waals surface area contributed by atoms with E-state index in [9.17, 15) is 4.39 Å². The molecule has 1 saturated carbocycles. The summed E-state index contributed by atoms with van der Waals surface area (Å²) in [5.74, 6) is 0.750. The Morgan fingerprint density at radius 2 is 2.54 bits per heavy atom. The molecule has 13 heavy (non-hydrogen) atoms. The fourth-order valence-corrected chi connectivity index (χ4v) is 0.946. The highest BCUT2D eigenvalue weighted by Gasteiger charge is 2.41. The molecule has 1 N–H and O–H groups in total. The first kappa shape index (κ1) is 8.22. The van der Waals surface area contributed by atoms with E-state index in [-0.39, 0.29) is 0 Å². The largest absolute Gasteiger partial charge is 0.262 e. The van der Waals surface area contributed by atoms with Gasteiger partial charge in [-0.05, 0) is 12.8 Å². The Morgan fingerprint density at radius 3 is 3.08 bits per heavy atom. The number of rotatable bonds is 3. The summed E-state index contributed by atoms with van der Waals surface area (Å²) in [5.41, 5.74) is 1.57. The third-order valence-electron chi connectivity index (χ3n) is 2.02. The van der Waals surface area contributed by atoms with E-state index < -0.39 is 5.67 Å². The van der Waals surface area contributed by atoms with Crippen molar-refractivity contribution in [3.63, 3.8) is 0 Å². The van der Waals surface area contributed by atoms with Crippen LogP contribution in [-0.2, 0) is 7.05 Å². The first-order chi connectivity index (χ1) is 6.20. The van der Waals surface area contributed by atoms with Gasteiger partial charge in [0.25, 0.3) is 0 Å². The van der Waals surface area contributed by atoms with Gasteiger partial charge in [-0.3, -0.25) is 10.1 Å². The second kappa shape index (κ2) is 2.83. The number of aryl methyl sites for hydroxylation is 1. The first-order valence-electron chi connectivity index (χ1n) is 4.17. The van der Waals surface area contributed by atoms with Crippen molar-refractivity contribution in [1.82, 2.24) is 9.78 Å². The number of hydrazone groups is 1. The van der Waals surface area contributed by atoms with Crippen molar-refractivity contribution in [2.75, 3.05) is 5.43 Å². The SMILES string of the molecule is Cn1nccc1N/N=C/C1(F)CC1. The minimum Gasteiger partial charge on any atom is -0.262 e. The predicted molar refractivity (Wildman–Crippen MR) is 48.4 cm³/mol. The zero-order chi connectivity index (χ0) is 9.31. The molecule has 1 aliphatic rings. The lowest BCUT2D eigenvalue weighted by Crippen LogP contribution is -2.04. The zero-order valence-corrected chi connectivity index (χ0v) is 7.37. The van der Waals surface area contributed by atoms with Crippen molar-refractivity contribution in [3.05, 3.63) is 12.3 Å². The van der Waals surface area contributed by atoms with E-state index >= 15 is 0 Å². The van der Waals surface area contributed by atoms with E-state index in [1.807, 2.05) is 0 Å². The molecule has 0 amide bonds. The van der Waals surface area contributed by atoms with Gasteiger partial charge in [0.15, 0.2) is 0 Å². The zero-order valence-electron chi connectivity index (χ0n) is 7.37. The molecular formula is C8H11FN4. The minimum atomic E-state index is -1.15. The van der Waals surface area contributed by atoms with Crippen LogP contribution in [0.3, 0.4) is 0 Å². The molecule has 1 aromatic rings. The molecule has 1 fully saturated rings. The second-order valence-electron chi connectivity index (χ2n) is 3.24. The number of halogens is 1. The highest BCUT2D eigenvalue weighted by molar-refractivity contribution is 5.73. The molecule has 0 aromatic carbocycles. The maximum absolute atomic E-state index is 13.0. The van der Waals surface area contributed by atoms with Crippen LogP contribution >= 0.6 is 0 Å². The lowest BCUT2D eigenvalue weighted by Gasteiger charge is -1.99. The Morgan fingerprint density at radius 1 is 1.77 bits per heavy atom. The number of nitrogens with one attached hydrogen (secondary N) is 1. The molecule has 0 radical (unpaired) electrons. The Hall–Kier alpha value is -1.39. The third-order valence-corrected chi connectivity index (χ3v) is 2.02. The number of alkyl halides is 1. The molecule has 0 atom stereocenters. The van der Waals surface area contributed by atoms with Gasteiger partial charge in [-0.25, -0.2) is 4.39 Å². The van der Waals surface area contributed by atoms with Gasteiger partial charge in [-0.1, -0.05) is 0 Å². The van der Waals surface area contributed by atoms with Gasteiger partial charge in [-0.15, -0.1) is 0 Å². The van der Waals surface area contributed by atoms with Crippen LogP contribution in [0.15, 0.2) is 17.4 Å². The Labute approximate surface area is 75.4 Å². The quantitative estimate of drug-likeness (QED) is 0.566. The van der Waals surface area contributed by atoms with Crippen LogP contribution in [0, 0.1) is 0 Å². The van der Waals surface area contributed by atoms with Crippen molar-refractivity contribution in [1.29, 1.82) is 0 Å². The maximum Gasteiger partial charge on any atom is 0.148 e. The molecule has 2 rings (SSSR count). The van der Waals surface area contributed by atoms with Gasteiger partial charge in [0.2, 0.25) is 0 Å². The molecule has 4 nitrogen and oxygen atoms in total. The van der Waals surface area contributed by atoms with Crippen LogP contribution in [-0.4, -0.2) is 21.7 Å². The number of aromatic nitrogens is 2. The van der Waals surface area contributed by atoms with E-state index in [0.717, 1.165) is 5.82 Å². The van der Waals surface area contributed by atoms with Gasteiger partial charge < -0.3 is 0 Å². The average Bonchev–Trinajstić information content (AvgIpc) is 2.68. The Kier molecular flexibility index (Phi) is 1.79. The summed E-state index contributed by atoms with van der Waals surface area (Å²) in [6.07, 6.45) is 4.15. The smallest absolute Gasteiger partial charge is 0.148 e. The van der Waals surface area contributed by atoms with Gasteiger partial charge in [0.05, 0.1) is 12.4 Å². The van der Waals surface area contributed by atoms with Gasteiger partial charge in [0, 0.05) is 13.1 Å². The van der Waals surface area contributed by atoms with Crippen molar-refractivity contribution in [2.24, 2.45) is 12.1 Å². The molecule has 1 heterocycles. The van der Waals surface area contributed by atoms with Crippen LogP contribution in [0.1, 0.15) is 12.8 Å². The number of nitrogens with zero attached hydrogens (tertiary/aromatic N) is 3. The fourth-order valence-electron chi connectivity index (χ4n) is 0.946. The summed E-state index contributed by atoms with van der Waals surface area (Å²) >= 11 is 0. The van der Waals surface area contributed by atoms with Crippen LogP contribution in [0.2, 0.25) is 0 Å². The van der Waals surface area contributed by atoms with Crippen molar-refractivity contribution in [3.8, 4) is 0 Å². The van der Waals surface area contributed by atoms with Gasteiger partial charge in [0.1, 0.15) is 11.5 Å². The third kappa shape index (κ3) is 1.85. The molecule has 0 unspecified atom stereocenters. The number of hydrogen-bond acceptors (Lipinski definition) is 3. The molecule has 0 bridgehead atoms. The van der Waals surface area contributed by atoms with E-state index in [0.29, 0.717) is 12.8 Å². The average molecular weight is 182 g/mol. The fraction of sp³-hybridized carbons (Fsp3) is 0.500. The van der Waals surface area contributed by atoms with E-state index in [1.165, 1.54) is 6.21 Å². The monoisotopic (exact) mass is 182 g/mol. The predicted octanol–water partition coefficient (Wildman–Crippen LogP) is 1.32. The van der Waals surface area contributed by atoms with Crippen molar-refractivity contribution >= 4 is 12.0 Å². The topological polar surface area (TPSA) is 42.2 Å². The highest BCUT2D eigenvalue weighted by atomic mass is 19.1. The van der Waals surface area contributed by atoms with Crippen molar-refractivity contribution in [2.45, 2.75) is 18.5 Å². The summed E-state index contributed by atoms with van der Waals surface area (Å²) in [6.45, 7) is 0. The van der Waals surface area contributed by atoms with E-state index in [2.05, 4.69) is 15.6 Å². The van der Waals surface area contributed by atoms with Crippen LogP contribution in [0.25, 0.3) is 0 Å². The van der Waals surface area contributed by atoms with Crippen molar-refractivity contribution < 1.29 is 4.39 Å². The lowest BCUT2D eigenvalue weighted by atomic mass is 10.4. The summed E-state index contributed by atoms with van der Waals surface area (Å²) in [6, 6.07) is 1.77. The van der Waals surface area contributed by atoms with E-state index in [1.54, 1.807) is 24.0 Å². The maximum atomic E-state index is 13.0. The summed E-state index contributed by atoms with van der Waals surface area (Å²) in [7, 11) is 1.79. The number of hydrogen-bond donors (Lipinski definition) is 1. The summed E-state index contributed by atoms with van der Waals surface area (Å²) in [5, 5.41) is 7.73. The lowest BCUT2D eigenvalue weighted by molar-refractivity contribution is 0.413. The first-order valence-corrected chi connectivity index (χ1v) is 4.17. The van der Waals surface area contributed by atoms with Gasteiger partial charge in [-0.2, -0.15) is 10.2 Å². The highest BCUT2D eigenvalue weighted by Crippen LogP contribution is 2.37. The molecule has 0 spiro atoms. The van der Waals surface area contributed by atoms with Crippen LogP contribution in [0.5, 0.6) is 0 Å². The summed E-state index contributed by atoms with van der Waals surface area (Å²) < 4.78 is 14.7.